The number of hydrogen-bond acceptors (Lipinski definition) is 0. The lowest BCUT2D eigenvalue weighted by Gasteiger charge is -2.17. The molecule has 0 amide bonds. The Hall–Kier alpha value is -0.406. The summed E-state index contributed by atoms with van der Waals surface area (Å²) < 4.78 is 0. The fourth-order valence-corrected chi connectivity index (χ4v) is 5.61. The van der Waals surface area contributed by atoms with Gasteiger partial charge in [0, 0.05) is 0 Å². The highest BCUT2D eigenvalue weighted by Gasteiger charge is 2.16. The summed E-state index contributed by atoms with van der Waals surface area (Å²) >= 11 is 0. The lowest BCUT2D eigenvalue weighted by Crippen LogP contribution is -2.38. The predicted octanol–water partition coefficient (Wildman–Crippen LogP) is 3.83. The van der Waals surface area contributed by atoms with Gasteiger partial charge in [-0.2, -0.15) is 0 Å². The third-order valence-electron chi connectivity index (χ3n) is 3.79. The van der Waals surface area contributed by atoms with Crippen LogP contribution in [-0.4, -0.2) is 16.1 Å². The van der Waals surface area contributed by atoms with E-state index in [1.807, 2.05) is 0 Å². The van der Waals surface area contributed by atoms with E-state index in [9.17, 15) is 0 Å². The molecule has 2 rings (SSSR count). The molecule has 0 aliphatic heterocycles. The molecule has 0 radical (unpaired) electrons. The Morgan fingerprint density at radius 3 is 1.05 bits per heavy atom. The first-order valence-electron chi connectivity index (χ1n) is 7.64. The highest BCUT2D eigenvalue weighted by molar-refractivity contribution is 7.55. The van der Waals surface area contributed by atoms with E-state index in [4.69, 9.17) is 0 Å². The quantitative estimate of drug-likeness (QED) is 0.570. The number of hydrogen-bond donors (Lipinski definition) is 0. The van der Waals surface area contributed by atoms with Gasteiger partial charge < -0.3 is 0 Å². The minimum Gasteiger partial charge on any atom is -0.147 e. The second-order valence-electron chi connectivity index (χ2n) is 7.78. The zero-order valence-corrected chi connectivity index (χ0v) is 18.3. The summed E-state index contributed by atoms with van der Waals surface area (Å²) in [6.07, 6.45) is 0. The molecule has 0 unspecified atom stereocenters. The molecule has 0 saturated heterocycles. The van der Waals surface area contributed by atoms with Crippen LogP contribution in [0, 0.1) is 0 Å². The van der Waals surface area contributed by atoms with Gasteiger partial charge in [0.2, 0.25) is 0 Å². The van der Waals surface area contributed by atoms with Gasteiger partial charge in [-0.3, -0.25) is 0 Å². The Balaban J connectivity index is 0.00000242. The first kappa shape index (κ1) is 19.6. The first-order valence-corrected chi connectivity index (χ1v) is 15.6. The smallest absolute Gasteiger partial charge is 0.0775 e. The minimum atomic E-state index is -1.17. The summed E-state index contributed by atoms with van der Waals surface area (Å²) in [4.78, 5) is 0. The molecule has 0 heterocycles. The van der Waals surface area contributed by atoms with Crippen molar-refractivity contribution in [1.82, 2.24) is 0 Å². The maximum Gasteiger partial charge on any atom is 0.0775 e. The van der Waals surface area contributed by atoms with Crippen molar-refractivity contribution in [2.24, 2.45) is 0 Å². The Morgan fingerprint density at radius 1 is 0.545 bits per heavy atom. The predicted molar refractivity (Wildman–Crippen MR) is 114 cm³/mol. The van der Waals surface area contributed by atoms with E-state index in [-0.39, 0.29) is 12.4 Å². The van der Waals surface area contributed by atoms with Crippen LogP contribution in [0.4, 0.5) is 0 Å². The molecule has 0 atom stereocenters. The average molecular weight is 367 g/mol. The molecule has 0 N–H and O–H groups in total. The molecule has 0 spiro atoms. The van der Waals surface area contributed by atoms with E-state index in [1.165, 1.54) is 10.6 Å². The third kappa shape index (κ3) is 5.35. The van der Waals surface area contributed by atoms with Crippen LogP contribution in [0.5, 0.6) is 0 Å². The van der Waals surface area contributed by atoms with Crippen molar-refractivity contribution >= 4 is 58.1 Å². The van der Waals surface area contributed by atoms with Gasteiger partial charge in [0.1, 0.15) is 0 Å². The molecule has 0 aromatic heterocycles. The standard InChI is InChI=1S/C18H27PSi2.ClH/c1-20(2,3)17-11-7-15(8-12-17)19-16-9-13-18(14-10-16)21(4,5)6;/h7-14,19H,1-6H3;1H. The van der Waals surface area contributed by atoms with Gasteiger partial charge in [-0.15, -0.1) is 12.4 Å². The van der Waals surface area contributed by atoms with Crippen LogP contribution in [0.25, 0.3) is 0 Å². The molecule has 0 aliphatic rings. The van der Waals surface area contributed by atoms with Crippen LogP contribution in [0.1, 0.15) is 0 Å². The van der Waals surface area contributed by atoms with E-state index < -0.39 is 16.1 Å². The molecule has 0 fully saturated rings. The minimum absolute atomic E-state index is 0. The zero-order valence-electron chi connectivity index (χ0n) is 14.5. The monoisotopic (exact) mass is 366 g/mol. The van der Waals surface area contributed by atoms with Crippen molar-refractivity contribution < 1.29 is 0 Å². The summed E-state index contributed by atoms with van der Waals surface area (Å²) in [6, 6.07) is 18.6. The maximum absolute atomic E-state index is 2.40. The van der Waals surface area contributed by atoms with Crippen LogP contribution >= 0.6 is 21.0 Å². The van der Waals surface area contributed by atoms with Gasteiger partial charge >= 0.3 is 0 Å². The van der Waals surface area contributed by atoms with Gasteiger partial charge in [0.05, 0.1) is 16.1 Å². The fraction of sp³-hybridized carbons (Fsp3) is 0.333. The molecule has 120 valence electrons. The highest BCUT2D eigenvalue weighted by Crippen LogP contribution is 2.11. The Kier molecular flexibility index (Phi) is 6.64. The van der Waals surface area contributed by atoms with E-state index in [1.54, 1.807) is 10.4 Å². The lowest BCUT2D eigenvalue weighted by atomic mass is 10.4. The first-order chi connectivity index (χ1) is 9.66. The molecule has 0 saturated carbocycles. The van der Waals surface area contributed by atoms with Crippen molar-refractivity contribution in [3.05, 3.63) is 48.5 Å². The summed E-state index contributed by atoms with van der Waals surface area (Å²) in [5.41, 5.74) is 0. The summed E-state index contributed by atoms with van der Waals surface area (Å²) in [7, 11) is -1.57. The van der Waals surface area contributed by atoms with Crippen LogP contribution < -0.4 is 21.0 Å². The van der Waals surface area contributed by atoms with Gasteiger partial charge in [-0.05, 0) is 10.6 Å². The average Bonchev–Trinajstić information content (AvgIpc) is 2.38. The van der Waals surface area contributed by atoms with Gasteiger partial charge in [-0.25, -0.2) is 0 Å². The molecule has 2 aromatic rings. The van der Waals surface area contributed by atoms with Crippen LogP contribution in [-0.2, 0) is 0 Å². The summed E-state index contributed by atoms with van der Waals surface area (Å²) in [5.74, 6) is 0. The Bertz CT molecular complexity index is 537. The molecule has 0 bridgehead atoms. The topological polar surface area (TPSA) is 0 Å². The molecular formula is C18H28ClPSi2. The van der Waals surface area contributed by atoms with E-state index in [0.29, 0.717) is 0 Å². The van der Waals surface area contributed by atoms with Gasteiger partial charge in [0.15, 0.2) is 0 Å². The SMILES string of the molecule is C[Si](C)(C)c1ccc(Pc2ccc([Si](C)(C)C)cc2)cc1.Cl. The van der Waals surface area contributed by atoms with Crippen LogP contribution in [0.2, 0.25) is 39.3 Å². The number of benzene rings is 2. The van der Waals surface area contributed by atoms with Crippen LogP contribution in [0.3, 0.4) is 0 Å². The van der Waals surface area contributed by atoms with E-state index >= 15 is 0 Å². The largest absolute Gasteiger partial charge is 0.147 e. The van der Waals surface area contributed by atoms with Crippen molar-refractivity contribution in [3.8, 4) is 0 Å². The molecule has 2 aromatic carbocycles. The Morgan fingerprint density at radius 2 is 0.818 bits per heavy atom. The molecule has 0 nitrogen and oxygen atoms in total. The number of rotatable bonds is 4. The molecular weight excluding hydrogens is 339 g/mol. The Labute approximate surface area is 146 Å². The van der Waals surface area contributed by atoms with Crippen molar-refractivity contribution in [3.63, 3.8) is 0 Å². The molecule has 22 heavy (non-hydrogen) atoms. The fourth-order valence-electron chi connectivity index (χ4n) is 2.27. The van der Waals surface area contributed by atoms with Crippen molar-refractivity contribution in [1.29, 1.82) is 0 Å². The third-order valence-corrected chi connectivity index (χ3v) is 9.17. The normalized spacial score (nSPS) is 11.9. The van der Waals surface area contributed by atoms with E-state index in [0.717, 1.165) is 8.58 Å². The van der Waals surface area contributed by atoms with Gasteiger partial charge in [-0.1, -0.05) is 107 Å². The van der Waals surface area contributed by atoms with Crippen molar-refractivity contribution in [2.75, 3.05) is 0 Å². The summed E-state index contributed by atoms with van der Waals surface area (Å²) in [6.45, 7) is 14.4. The maximum atomic E-state index is 2.40. The van der Waals surface area contributed by atoms with Gasteiger partial charge in [0.25, 0.3) is 0 Å². The van der Waals surface area contributed by atoms with E-state index in [2.05, 4.69) is 87.8 Å². The molecule has 4 heteroatoms. The molecule has 0 aliphatic carbocycles. The number of halogens is 1. The highest BCUT2D eigenvalue weighted by atomic mass is 35.5. The van der Waals surface area contributed by atoms with Crippen LogP contribution in [0.15, 0.2) is 48.5 Å². The lowest BCUT2D eigenvalue weighted by molar-refractivity contribution is 1.70. The van der Waals surface area contributed by atoms with Crippen molar-refractivity contribution in [2.45, 2.75) is 39.3 Å². The second kappa shape index (κ2) is 7.44. The second-order valence-corrected chi connectivity index (χ2v) is 19.3. The summed E-state index contributed by atoms with van der Waals surface area (Å²) in [5, 5.41) is 5.98. The zero-order chi connectivity index (χ0) is 15.7.